The second-order valence-corrected chi connectivity index (χ2v) is 3.76. The molecule has 0 spiro atoms. The van der Waals surface area contributed by atoms with Crippen LogP contribution in [0.3, 0.4) is 0 Å². The van der Waals surface area contributed by atoms with Crippen LogP contribution in [0.4, 0.5) is 4.39 Å². The minimum absolute atomic E-state index is 0.314. The number of benzene rings is 1. The molecule has 0 saturated carbocycles. The van der Waals surface area contributed by atoms with E-state index < -0.39 is 0 Å². The lowest BCUT2D eigenvalue weighted by molar-refractivity contribution is 0.629. The average molecular weight is 269 g/mol. The van der Waals surface area contributed by atoms with Gasteiger partial charge in [-0.2, -0.15) is 5.10 Å². The summed E-state index contributed by atoms with van der Waals surface area (Å²) in [5.41, 5.74) is 0.416. The van der Waals surface area contributed by atoms with Crippen molar-refractivity contribution < 1.29 is 4.39 Å². The molecule has 15 heavy (non-hydrogen) atoms. The van der Waals surface area contributed by atoms with Crippen molar-refractivity contribution in [2.45, 2.75) is 0 Å². The number of hydrogen-bond acceptors (Lipinski definition) is 2. The van der Waals surface area contributed by atoms with Gasteiger partial charge < -0.3 is 0 Å². The number of aromatic nitrogens is 2. The van der Waals surface area contributed by atoms with Crippen LogP contribution in [0, 0.1) is 5.82 Å². The van der Waals surface area contributed by atoms with Crippen LogP contribution in [0.15, 0.2) is 39.6 Å². The molecule has 2 aromatic rings. The molecule has 1 heterocycles. The van der Waals surface area contributed by atoms with E-state index in [1.807, 2.05) is 0 Å². The maximum atomic E-state index is 13.5. The summed E-state index contributed by atoms with van der Waals surface area (Å²) in [6.07, 6.45) is 0. The van der Waals surface area contributed by atoms with Gasteiger partial charge in [-0.1, -0.05) is 6.07 Å². The van der Waals surface area contributed by atoms with Gasteiger partial charge in [0.15, 0.2) is 0 Å². The van der Waals surface area contributed by atoms with Gasteiger partial charge in [-0.25, -0.2) is 9.49 Å². The molecule has 0 aliphatic carbocycles. The Kier molecular flexibility index (Phi) is 2.64. The van der Waals surface area contributed by atoms with Crippen LogP contribution in [-0.2, 0) is 0 Å². The molecule has 2 rings (SSSR count). The van der Waals surface area contributed by atoms with Gasteiger partial charge in [0.05, 0.1) is 11.3 Å². The number of halogens is 2. The van der Waals surface area contributed by atoms with E-state index in [1.54, 1.807) is 12.1 Å². The first-order valence-electron chi connectivity index (χ1n) is 4.18. The largest absolute Gasteiger partial charge is 0.268 e. The standard InChI is InChI=1S/C10H6BrFN2O/c11-6-2-1-3-7(12)10(6)8-4-5-9(15)14-13-8/h1-5H,(H,14,15). The van der Waals surface area contributed by atoms with Crippen molar-refractivity contribution >= 4 is 15.9 Å². The van der Waals surface area contributed by atoms with Crippen molar-refractivity contribution in [2.24, 2.45) is 0 Å². The molecular formula is C10H6BrFN2O. The van der Waals surface area contributed by atoms with Crippen LogP contribution in [0.2, 0.25) is 0 Å². The Morgan fingerprint density at radius 1 is 1.27 bits per heavy atom. The molecule has 3 nitrogen and oxygen atoms in total. The minimum atomic E-state index is -0.385. The first-order chi connectivity index (χ1) is 7.18. The average Bonchev–Trinajstić information content (AvgIpc) is 2.20. The summed E-state index contributed by atoms with van der Waals surface area (Å²) < 4.78 is 14.1. The van der Waals surface area contributed by atoms with Gasteiger partial charge in [0, 0.05) is 10.5 Å². The highest BCUT2D eigenvalue weighted by molar-refractivity contribution is 9.10. The Morgan fingerprint density at radius 3 is 2.67 bits per heavy atom. The van der Waals surface area contributed by atoms with Gasteiger partial charge in [-0.3, -0.25) is 4.79 Å². The third-order valence-electron chi connectivity index (χ3n) is 1.90. The Balaban J connectivity index is 2.63. The highest BCUT2D eigenvalue weighted by Crippen LogP contribution is 2.28. The molecule has 76 valence electrons. The quantitative estimate of drug-likeness (QED) is 0.863. The smallest absolute Gasteiger partial charge is 0.264 e. The van der Waals surface area contributed by atoms with Crippen molar-refractivity contribution in [2.75, 3.05) is 0 Å². The lowest BCUT2D eigenvalue weighted by Crippen LogP contribution is -2.06. The fraction of sp³-hybridized carbons (Fsp3) is 0. The topological polar surface area (TPSA) is 45.8 Å². The Bertz CT molecular complexity index is 513. The lowest BCUT2D eigenvalue weighted by Gasteiger charge is -2.03. The van der Waals surface area contributed by atoms with Gasteiger partial charge >= 0.3 is 0 Å². The molecule has 0 amide bonds. The van der Waals surface area contributed by atoms with Crippen LogP contribution in [0.25, 0.3) is 11.3 Å². The fourth-order valence-corrected chi connectivity index (χ4v) is 1.77. The van der Waals surface area contributed by atoms with Crippen LogP contribution in [-0.4, -0.2) is 10.2 Å². The zero-order valence-electron chi connectivity index (χ0n) is 7.50. The number of hydrogen-bond donors (Lipinski definition) is 1. The molecule has 0 atom stereocenters. The van der Waals surface area contributed by atoms with Crippen LogP contribution in [0.5, 0.6) is 0 Å². The summed E-state index contributed by atoms with van der Waals surface area (Å²) >= 11 is 3.23. The summed E-state index contributed by atoms with van der Waals surface area (Å²) in [4.78, 5) is 10.8. The zero-order valence-corrected chi connectivity index (χ0v) is 9.08. The molecule has 1 N–H and O–H groups in total. The maximum absolute atomic E-state index is 13.5. The number of nitrogens with zero attached hydrogens (tertiary/aromatic N) is 1. The van der Waals surface area contributed by atoms with Gasteiger partial charge in [-0.05, 0) is 34.1 Å². The predicted octanol–water partition coefficient (Wildman–Crippen LogP) is 2.34. The SMILES string of the molecule is O=c1ccc(-c2c(F)cccc2Br)n[nH]1. The van der Waals surface area contributed by atoms with Gasteiger partial charge in [-0.15, -0.1) is 0 Å². The van der Waals surface area contributed by atoms with E-state index in [4.69, 9.17) is 0 Å². The lowest BCUT2D eigenvalue weighted by atomic mass is 10.1. The molecule has 0 radical (unpaired) electrons. The Hall–Kier alpha value is -1.49. The number of H-pyrrole nitrogens is 1. The Labute approximate surface area is 93.1 Å². The number of aromatic amines is 1. The molecule has 0 saturated heterocycles. The van der Waals surface area contributed by atoms with Crippen molar-refractivity contribution in [1.29, 1.82) is 0 Å². The van der Waals surface area contributed by atoms with Crippen LogP contribution < -0.4 is 5.56 Å². The zero-order chi connectivity index (χ0) is 10.8. The molecule has 5 heteroatoms. The first kappa shape index (κ1) is 10.0. The van der Waals surface area contributed by atoms with E-state index >= 15 is 0 Å². The molecule has 0 unspecified atom stereocenters. The first-order valence-corrected chi connectivity index (χ1v) is 4.98. The van der Waals surface area contributed by atoms with Crippen LogP contribution >= 0.6 is 15.9 Å². The molecule has 0 fully saturated rings. The highest BCUT2D eigenvalue weighted by Gasteiger charge is 2.09. The van der Waals surface area contributed by atoms with Crippen molar-refractivity contribution in [1.82, 2.24) is 10.2 Å². The highest BCUT2D eigenvalue weighted by atomic mass is 79.9. The number of rotatable bonds is 1. The molecule has 0 bridgehead atoms. The molecule has 1 aromatic heterocycles. The van der Waals surface area contributed by atoms with E-state index in [-0.39, 0.29) is 11.4 Å². The van der Waals surface area contributed by atoms with Crippen molar-refractivity contribution in [3.63, 3.8) is 0 Å². The van der Waals surface area contributed by atoms with E-state index in [1.165, 1.54) is 18.2 Å². The van der Waals surface area contributed by atoms with Gasteiger partial charge in [0.2, 0.25) is 0 Å². The maximum Gasteiger partial charge on any atom is 0.264 e. The summed E-state index contributed by atoms with van der Waals surface area (Å²) in [6, 6.07) is 7.43. The normalized spacial score (nSPS) is 10.3. The van der Waals surface area contributed by atoms with E-state index in [0.717, 1.165) is 0 Å². The third-order valence-corrected chi connectivity index (χ3v) is 2.56. The number of nitrogens with one attached hydrogen (secondary N) is 1. The van der Waals surface area contributed by atoms with Gasteiger partial charge in [0.25, 0.3) is 5.56 Å². The second kappa shape index (κ2) is 3.94. The molecule has 0 aliphatic rings. The summed E-state index contributed by atoms with van der Waals surface area (Å²) in [6.45, 7) is 0. The molecule has 1 aromatic carbocycles. The summed E-state index contributed by atoms with van der Waals surface area (Å²) in [5.74, 6) is -0.385. The van der Waals surface area contributed by atoms with Crippen molar-refractivity contribution in [3.05, 3.63) is 51.0 Å². The van der Waals surface area contributed by atoms with E-state index in [0.29, 0.717) is 15.7 Å². The third kappa shape index (κ3) is 1.97. The predicted molar refractivity (Wildman–Crippen MR) is 58.0 cm³/mol. The van der Waals surface area contributed by atoms with E-state index in [2.05, 4.69) is 26.1 Å². The molecular weight excluding hydrogens is 263 g/mol. The fourth-order valence-electron chi connectivity index (χ4n) is 1.23. The second-order valence-electron chi connectivity index (χ2n) is 2.90. The minimum Gasteiger partial charge on any atom is -0.268 e. The van der Waals surface area contributed by atoms with Crippen molar-refractivity contribution in [3.8, 4) is 11.3 Å². The molecule has 0 aliphatic heterocycles. The van der Waals surface area contributed by atoms with Gasteiger partial charge in [0.1, 0.15) is 5.82 Å². The van der Waals surface area contributed by atoms with Crippen LogP contribution in [0.1, 0.15) is 0 Å². The van der Waals surface area contributed by atoms with E-state index in [9.17, 15) is 9.18 Å². The summed E-state index contributed by atoms with van der Waals surface area (Å²) in [5, 5.41) is 6.02. The monoisotopic (exact) mass is 268 g/mol. The Morgan fingerprint density at radius 2 is 2.07 bits per heavy atom. The summed E-state index contributed by atoms with van der Waals surface area (Å²) in [7, 11) is 0.